The number of hydrogen-bond donors (Lipinski definition) is 2. The molecule has 0 spiro atoms. The van der Waals surface area contributed by atoms with Crippen LogP contribution in [-0.2, 0) is 4.79 Å². The molecule has 1 heterocycles. The van der Waals surface area contributed by atoms with Crippen molar-refractivity contribution in [2.24, 2.45) is 0 Å². The van der Waals surface area contributed by atoms with Gasteiger partial charge in [0.1, 0.15) is 11.5 Å². The summed E-state index contributed by atoms with van der Waals surface area (Å²) < 4.78 is 6.11. The number of carbonyl (C=O) groups is 1. The third kappa shape index (κ3) is 3.98. The van der Waals surface area contributed by atoms with Crippen LogP contribution < -0.4 is 15.0 Å². The average Bonchev–Trinajstić information content (AvgIpc) is 2.84. The molecule has 166 valence electrons. The zero-order valence-electron chi connectivity index (χ0n) is 18.7. The maximum atomic E-state index is 13.3. The Bertz CT molecular complexity index is 1330. The van der Waals surface area contributed by atoms with Crippen LogP contribution in [-0.4, -0.2) is 23.7 Å². The first kappa shape index (κ1) is 20.9. The average molecular weight is 439 g/mol. The van der Waals surface area contributed by atoms with Crippen LogP contribution in [0.5, 0.6) is 11.5 Å². The molecule has 0 fully saturated rings. The lowest BCUT2D eigenvalue weighted by Gasteiger charge is -2.36. The predicted molar refractivity (Wildman–Crippen MR) is 131 cm³/mol. The molecule has 2 N–H and O–H groups in total. The maximum Gasteiger partial charge on any atom is 0.263 e. The van der Waals surface area contributed by atoms with Crippen LogP contribution in [0, 0.1) is 6.92 Å². The summed E-state index contributed by atoms with van der Waals surface area (Å²) in [7, 11) is 0. The van der Waals surface area contributed by atoms with Crippen LogP contribution in [0.3, 0.4) is 0 Å². The molecule has 4 aromatic rings. The number of nitrogens with one attached hydrogen (secondary N) is 1. The van der Waals surface area contributed by atoms with Crippen LogP contribution in [0.15, 0.2) is 84.9 Å². The van der Waals surface area contributed by atoms with E-state index >= 15 is 0 Å². The number of ether oxygens (including phenoxy) is 1. The van der Waals surface area contributed by atoms with Gasteiger partial charge >= 0.3 is 0 Å². The SMILES string of the molecule is Cc1ccc(N2CC(C(=O)N[C@H](C)c3cccc4ccccc34)Oc3ccccc32)cc1O. The van der Waals surface area contributed by atoms with Gasteiger partial charge in [-0.3, -0.25) is 4.79 Å². The van der Waals surface area contributed by atoms with E-state index in [2.05, 4.69) is 23.5 Å². The first-order valence-corrected chi connectivity index (χ1v) is 11.1. The molecule has 2 atom stereocenters. The standard InChI is InChI=1S/C28H26N2O3/c1-18-14-15-21(16-25(18)31)30-17-27(33-26-13-6-5-12-24(26)30)28(32)29-19(2)22-11-7-9-20-8-3-4-10-23(20)22/h3-16,19,27,31H,17H2,1-2H3,(H,29,32)/t19-,27?/m1/s1. The number of anilines is 2. The molecule has 1 unspecified atom stereocenters. The van der Waals surface area contributed by atoms with Crippen molar-refractivity contribution >= 4 is 28.1 Å². The van der Waals surface area contributed by atoms with Gasteiger partial charge in [-0.25, -0.2) is 0 Å². The fourth-order valence-corrected chi connectivity index (χ4v) is 4.39. The molecule has 4 aromatic carbocycles. The number of rotatable bonds is 4. The number of carbonyl (C=O) groups excluding carboxylic acids is 1. The molecule has 33 heavy (non-hydrogen) atoms. The summed E-state index contributed by atoms with van der Waals surface area (Å²) in [6.45, 7) is 4.19. The molecule has 0 radical (unpaired) electrons. The number of fused-ring (bicyclic) bond motifs is 2. The number of benzene rings is 4. The fraction of sp³-hybridized carbons (Fsp3) is 0.179. The number of aromatic hydroxyl groups is 1. The summed E-state index contributed by atoms with van der Waals surface area (Å²) in [5.41, 5.74) is 3.55. The van der Waals surface area contributed by atoms with Gasteiger partial charge < -0.3 is 20.1 Å². The largest absolute Gasteiger partial charge is 0.508 e. The second-order valence-corrected chi connectivity index (χ2v) is 8.45. The lowest BCUT2D eigenvalue weighted by molar-refractivity contribution is -0.128. The normalized spacial score (nSPS) is 16.1. The molecule has 1 aliphatic rings. The van der Waals surface area contributed by atoms with Gasteiger partial charge in [0, 0.05) is 11.8 Å². The minimum Gasteiger partial charge on any atom is -0.508 e. The summed E-state index contributed by atoms with van der Waals surface area (Å²) in [5.74, 6) is 0.690. The van der Waals surface area contributed by atoms with Crippen LogP contribution >= 0.6 is 0 Å². The van der Waals surface area contributed by atoms with Gasteiger partial charge in [-0.1, -0.05) is 60.7 Å². The van der Waals surface area contributed by atoms with Gasteiger partial charge in [-0.15, -0.1) is 0 Å². The second-order valence-electron chi connectivity index (χ2n) is 8.45. The van der Waals surface area contributed by atoms with Crippen molar-refractivity contribution in [1.82, 2.24) is 5.32 Å². The van der Waals surface area contributed by atoms with Crippen LogP contribution in [0.1, 0.15) is 24.1 Å². The number of aryl methyl sites for hydroxylation is 1. The van der Waals surface area contributed by atoms with Gasteiger partial charge in [0.05, 0.1) is 18.3 Å². The highest BCUT2D eigenvalue weighted by Crippen LogP contribution is 2.39. The maximum absolute atomic E-state index is 13.3. The van der Waals surface area contributed by atoms with Gasteiger partial charge in [-0.05, 0) is 53.9 Å². The number of para-hydroxylation sites is 2. The molecule has 0 aromatic heterocycles. The van der Waals surface area contributed by atoms with Crippen molar-refractivity contribution in [2.45, 2.75) is 26.0 Å². The van der Waals surface area contributed by atoms with E-state index < -0.39 is 6.10 Å². The van der Waals surface area contributed by atoms with Crippen molar-refractivity contribution in [2.75, 3.05) is 11.4 Å². The van der Waals surface area contributed by atoms with E-state index in [9.17, 15) is 9.90 Å². The molecule has 5 heteroatoms. The van der Waals surface area contributed by atoms with E-state index in [1.165, 1.54) is 0 Å². The first-order valence-electron chi connectivity index (χ1n) is 11.1. The molecule has 1 amide bonds. The minimum atomic E-state index is -0.694. The van der Waals surface area contributed by atoms with Crippen molar-refractivity contribution < 1.29 is 14.6 Å². The Morgan fingerprint density at radius 1 is 1.03 bits per heavy atom. The van der Waals surface area contributed by atoms with Crippen LogP contribution in [0.4, 0.5) is 11.4 Å². The highest BCUT2D eigenvalue weighted by atomic mass is 16.5. The van der Waals surface area contributed by atoms with Gasteiger partial charge in [0.2, 0.25) is 0 Å². The monoisotopic (exact) mass is 438 g/mol. The molecular formula is C28H26N2O3. The lowest BCUT2D eigenvalue weighted by atomic mass is 9.99. The Balaban J connectivity index is 1.42. The van der Waals surface area contributed by atoms with E-state index in [0.717, 1.165) is 33.3 Å². The Labute approximate surface area is 193 Å². The smallest absolute Gasteiger partial charge is 0.263 e. The number of phenolic OH excluding ortho intramolecular Hbond substituents is 1. The summed E-state index contributed by atoms with van der Waals surface area (Å²) in [6.07, 6.45) is -0.694. The number of hydrogen-bond acceptors (Lipinski definition) is 4. The van der Waals surface area contributed by atoms with Gasteiger partial charge in [0.25, 0.3) is 5.91 Å². The quantitative estimate of drug-likeness (QED) is 0.433. The summed E-state index contributed by atoms with van der Waals surface area (Å²) in [4.78, 5) is 15.3. The fourth-order valence-electron chi connectivity index (χ4n) is 4.39. The zero-order chi connectivity index (χ0) is 22.9. The highest BCUT2D eigenvalue weighted by molar-refractivity contribution is 5.88. The predicted octanol–water partition coefficient (Wildman–Crippen LogP) is 5.63. The van der Waals surface area contributed by atoms with E-state index in [4.69, 9.17) is 4.74 Å². The Morgan fingerprint density at radius 2 is 1.79 bits per heavy atom. The summed E-state index contributed by atoms with van der Waals surface area (Å²) in [6, 6.07) is 27.3. The molecule has 1 aliphatic heterocycles. The molecule has 5 rings (SSSR count). The first-order chi connectivity index (χ1) is 16.0. The Hall–Kier alpha value is -3.99. The Kier molecular flexibility index (Phi) is 5.38. The van der Waals surface area contributed by atoms with Crippen molar-refractivity contribution in [1.29, 1.82) is 0 Å². The number of nitrogens with zero attached hydrogens (tertiary/aromatic N) is 1. The van der Waals surface area contributed by atoms with E-state index in [0.29, 0.717) is 12.3 Å². The molecule has 5 nitrogen and oxygen atoms in total. The van der Waals surface area contributed by atoms with Crippen LogP contribution in [0.25, 0.3) is 10.8 Å². The summed E-state index contributed by atoms with van der Waals surface area (Å²) >= 11 is 0. The van der Waals surface area contributed by atoms with Crippen molar-refractivity contribution in [3.8, 4) is 11.5 Å². The van der Waals surface area contributed by atoms with E-state index in [1.54, 1.807) is 6.07 Å². The third-order valence-electron chi connectivity index (χ3n) is 6.22. The highest BCUT2D eigenvalue weighted by Gasteiger charge is 2.32. The second kappa shape index (κ2) is 8.51. The zero-order valence-corrected chi connectivity index (χ0v) is 18.7. The molecular weight excluding hydrogens is 412 g/mol. The summed E-state index contributed by atoms with van der Waals surface area (Å²) in [5, 5.41) is 15.7. The Morgan fingerprint density at radius 3 is 2.64 bits per heavy atom. The van der Waals surface area contributed by atoms with E-state index in [1.807, 2.05) is 79.4 Å². The van der Waals surface area contributed by atoms with Gasteiger partial charge in [0.15, 0.2) is 6.10 Å². The van der Waals surface area contributed by atoms with Crippen LogP contribution in [0.2, 0.25) is 0 Å². The molecule has 0 aliphatic carbocycles. The number of phenols is 1. The lowest BCUT2D eigenvalue weighted by Crippen LogP contribution is -2.48. The van der Waals surface area contributed by atoms with Gasteiger partial charge in [-0.2, -0.15) is 0 Å². The van der Waals surface area contributed by atoms with Crippen molar-refractivity contribution in [3.05, 3.63) is 96.1 Å². The molecule has 0 saturated carbocycles. The number of amides is 1. The molecule has 0 saturated heterocycles. The molecule has 0 bridgehead atoms. The third-order valence-corrected chi connectivity index (χ3v) is 6.22. The topological polar surface area (TPSA) is 61.8 Å². The van der Waals surface area contributed by atoms with Crippen molar-refractivity contribution in [3.63, 3.8) is 0 Å². The minimum absolute atomic E-state index is 0.175. The van der Waals surface area contributed by atoms with E-state index in [-0.39, 0.29) is 17.7 Å².